The number of nitrogens with one attached hydrogen (secondary N) is 1. The summed E-state index contributed by atoms with van der Waals surface area (Å²) in [7, 11) is 0. The highest BCUT2D eigenvalue weighted by molar-refractivity contribution is 5.81. The van der Waals surface area contributed by atoms with Crippen LogP contribution in [0.4, 0.5) is 0 Å². The van der Waals surface area contributed by atoms with E-state index in [2.05, 4.69) is 5.32 Å². The number of rotatable bonds is 7. The van der Waals surface area contributed by atoms with Crippen molar-refractivity contribution in [3.8, 4) is 5.75 Å². The Kier molecular flexibility index (Phi) is 5.70. The first-order chi connectivity index (χ1) is 8.61. The fraction of sp³-hybridized carbons (Fsp3) is 0.385. The molecule has 98 valence electrons. The Bertz CT molecular complexity index is 417. The first kappa shape index (κ1) is 14.0. The zero-order valence-corrected chi connectivity index (χ0v) is 10.3. The fourth-order valence-electron chi connectivity index (χ4n) is 1.48. The third-order valence-electron chi connectivity index (χ3n) is 2.29. The summed E-state index contributed by atoms with van der Waals surface area (Å²) in [5.41, 5.74) is 0.992. The van der Waals surface area contributed by atoms with Crippen LogP contribution in [0.25, 0.3) is 0 Å². The standard InChI is InChI=1S/C13H17NO4/c1-2-18-11-5-3-4-10(8-11)6-7-12(15)14-9-13(16)17/h3-5,8H,2,6-7,9H2,1H3,(H,14,15)(H,16,17). The molecule has 1 aromatic rings. The van der Waals surface area contributed by atoms with Gasteiger partial charge < -0.3 is 15.2 Å². The van der Waals surface area contributed by atoms with Crippen molar-refractivity contribution in [1.82, 2.24) is 5.32 Å². The molecule has 0 fully saturated rings. The molecule has 1 rings (SSSR count). The van der Waals surface area contributed by atoms with Crippen LogP contribution in [0.3, 0.4) is 0 Å². The smallest absolute Gasteiger partial charge is 0.322 e. The molecule has 0 unspecified atom stereocenters. The molecule has 0 aliphatic heterocycles. The van der Waals surface area contributed by atoms with Gasteiger partial charge in [-0.05, 0) is 31.0 Å². The maximum Gasteiger partial charge on any atom is 0.322 e. The normalized spacial score (nSPS) is 9.83. The number of hydrogen-bond acceptors (Lipinski definition) is 3. The predicted octanol–water partition coefficient (Wildman–Crippen LogP) is 1.22. The molecule has 0 heterocycles. The summed E-state index contributed by atoms with van der Waals surface area (Å²) in [6.45, 7) is 2.17. The summed E-state index contributed by atoms with van der Waals surface area (Å²) in [4.78, 5) is 21.6. The Morgan fingerprint density at radius 3 is 2.83 bits per heavy atom. The maximum absolute atomic E-state index is 11.3. The Balaban J connectivity index is 2.40. The van der Waals surface area contributed by atoms with E-state index in [1.165, 1.54) is 0 Å². The number of carbonyl (C=O) groups is 2. The second-order valence-electron chi connectivity index (χ2n) is 3.75. The first-order valence-corrected chi connectivity index (χ1v) is 5.82. The lowest BCUT2D eigenvalue weighted by atomic mass is 10.1. The van der Waals surface area contributed by atoms with Crippen LogP contribution in [-0.2, 0) is 16.0 Å². The van der Waals surface area contributed by atoms with Gasteiger partial charge in [-0.1, -0.05) is 12.1 Å². The van der Waals surface area contributed by atoms with Crippen molar-refractivity contribution in [3.63, 3.8) is 0 Å². The third kappa shape index (κ3) is 5.34. The summed E-state index contributed by atoms with van der Waals surface area (Å²) >= 11 is 0. The van der Waals surface area contributed by atoms with Crippen LogP contribution in [-0.4, -0.2) is 30.1 Å². The number of aryl methyl sites for hydroxylation is 1. The van der Waals surface area contributed by atoms with Gasteiger partial charge in [0.05, 0.1) is 6.61 Å². The molecule has 2 N–H and O–H groups in total. The van der Waals surface area contributed by atoms with Crippen LogP contribution in [0.2, 0.25) is 0 Å². The second kappa shape index (κ2) is 7.32. The molecule has 18 heavy (non-hydrogen) atoms. The summed E-state index contributed by atoms with van der Waals surface area (Å²) in [5, 5.41) is 10.7. The Hall–Kier alpha value is -2.04. The van der Waals surface area contributed by atoms with Crippen LogP contribution in [0.1, 0.15) is 18.9 Å². The molecule has 0 radical (unpaired) electrons. The average Bonchev–Trinajstić information content (AvgIpc) is 2.35. The van der Waals surface area contributed by atoms with E-state index in [0.717, 1.165) is 11.3 Å². The summed E-state index contributed by atoms with van der Waals surface area (Å²) in [5.74, 6) is -0.526. The fourth-order valence-corrected chi connectivity index (χ4v) is 1.48. The van der Waals surface area contributed by atoms with Crippen LogP contribution in [0, 0.1) is 0 Å². The van der Waals surface area contributed by atoms with Crippen molar-refractivity contribution in [2.24, 2.45) is 0 Å². The minimum absolute atomic E-state index is 0.265. The van der Waals surface area contributed by atoms with Crippen LogP contribution >= 0.6 is 0 Å². The molecule has 0 atom stereocenters. The Morgan fingerprint density at radius 2 is 2.17 bits per heavy atom. The van der Waals surface area contributed by atoms with Gasteiger partial charge in [0.1, 0.15) is 12.3 Å². The van der Waals surface area contributed by atoms with E-state index in [9.17, 15) is 9.59 Å². The highest BCUT2D eigenvalue weighted by Crippen LogP contribution is 2.14. The molecule has 0 spiro atoms. The van der Waals surface area contributed by atoms with Crippen LogP contribution < -0.4 is 10.1 Å². The molecular weight excluding hydrogens is 234 g/mol. The molecule has 1 amide bonds. The van der Waals surface area contributed by atoms with E-state index in [4.69, 9.17) is 9.84 Å². The predicted molar refractivity (Wildman–Crippen MR) is 66.6 cm³/mol. The molecule has 0 bridgehead atoms. The molecule has 5 nitrogen and oxygen atoms in total. The molecule has 0 saturated carbocycles. The number of hydrogen-bond donors (Lipinski definition) is 2. The number of carboxylic acids is 1. The highest BCUT2D eigenvalue weighted by atomic mass is 16.5. The lowest BCUT2D eigenvalue weighted by molar-refractivity contribution is -0.137. The van der Waals surface area contributed by atoms with Gasteiger partial charge in [-0.15, -0.1) is 0 Å². The first-order valence-electron chi connectivity index (χ1n) is 5.82. The highest BCUT2D eigenvalue weighted by Gasteiger charge is 2.04. The lowest BCUT2D eigenvalue weighted by Crippen LogP contribution is -2.29. The van der Waals surface area contributed by atoms with Gasteiger partial charge in [-0.2, -0.15) is 0 Å². The van der Waals surface area contributed by atoms with Gasteiger partial charge in [0.2, 0.25) is 5.91 Å². The van der Waals surface area contributed by atoms with Gasteiger partial charge in [0.15, 0.2) is 0 Å². The lowest BCUT2D eigenvalue weighted by Gasteiger charge is -2.06. The number of carboxylic acid groups (broad SMARTS) is 1. The average molecular weight is 251 g/mol. The third-order valence-corrected chi connectivity index (χ3v) is 2.29. The molecular formula is C13H17NO4. The molecule has 5 heteroatoms. The molecule has 1 aromatic carbocycles. The van der Waals surface area contributed by atoms with Gasteiger partial charge in [-0.3, -0.25) is 9.59 Å². The van der Waals surface area contributed by atoms with Crippen LogP contribution in [0.5, 0.6) is 5.75 Å². The van der Waals surface area contributed by atoms with Crippen molar-refractivity contribution in [2.75, 3.05) is 13.2 Å². The minimum Gasteiger partial charge on any atom is -0.494 e. The van der Waals surface area contributed by atoms with Crippen molar-refractivity contribution < 1.29 is 19.4 Å². The number of aliphatic carboxylic acids is 1. The number of benzene rings is 1. The van der Waals surface area contributed by atoms with E-state index in [1.807, 2.05) is 31.2 Å². The van der Waals surface area contributed by atoms with Crippen LogP contribution in [0.15, 0.2) is 24.3 Å². The van der Waals surface area contributed by atoms with E-state index < -0.39 is 5.97 Å². The zero-order valence-electron chi connectivity index (χ0n) is 10.3. The van der Waals surface area contributed by atoms with Crippen molar-refractivity contribution in [2.45, 2.75) is 19.8 Å². The molecule has 0 aliphatic rings. The van der Waals surface area contributed by atoms with E-state index in [0.29, 0.717) is 13.0 Å². The Morgan fingerprint density at radius 1 is 1.39 bits per heavy atom. The summed E-state index contributed by atoms with van der Waals surface area (Å²) in [6, 6.07) is 7.52. The quantitative estimate of drug-likeness (QED) is 0.764. The number of amides is 1. The monoisotopic (exact) mass is 251 g/mol. The SMILES string of the molecule is CCOc1cccc(CCC(=O)NCC(=O)O)c1. The molecule has 0 saturated heterocycles. The minimum atomic E-state index is -1.04. The van der Waals surface area contributed by atoms with Gasteiger partial charge in [0.25, 0.3) is 0 Å². The van der Waals surface area contributed by atoms with E-state index in [-0.39, 0.29) is 18.9 Å². The van der Waals surface area contributed by atoms with Crippen molar-refractivity contribution >= 4 is 11.9 Å². The Labute approximate surface area is 106 Å². The second-order valence-corrected chi connectivity index (χ2v) is 3.75. The number of ether oxygens (including phenoxy) is 1. The largest absolute Gasteiger partial charge is 0.494 e. The zero-order chi connectivity index (χ0) is 13.4. The molecule has 0 aromatic heterocycles. The van der Waals surface area contributed by atoms with Gasteiger partial charge in [0, 0.05) is 6.42 Å². The topological polar surface area (TPSA) is 75.6 Å². The van der Waals surface area contributed by atoms with Crippen molar-refractivity contribution in [3.05, 3.63) is 29.8 Å². The summed E-state index contributed by atoms with van der Waals surface area (Å²) in [6.07, 6.45) is 0.829. The maximum atomic E-state index is 11.3. The van der Waals surface area contributed by atoms with Gasteiger partial charge >= 0.3 is 5.97 Å². The van der Waals surface area contributed by atoms with Gasteiger partial charge in [-0.25, -0.2) is 0 Å². The van der Waals surface area contributed by atoms with E-state index >= 15 is 0 Å². The summed E-state index contributed by atoms with van der Waals surface area (Å²) < 4.78 is 5.35. The molecule has 0 aliphatic carbocycles. The number of carbonyl (C=O) groups excluding carboxylic acids is 1. The van der Waals surface area contributed by atoms with Crippen molar-refractivity contribution in [1.29, 1.82) is 0 Å². The van der Waals surface area contributed by atoms with E-state index in [1.54, 1.807) is 0 Å².